The molecular formula is C20H20N6O3. The number of carbonyl (C=O) groups is 2. The van der Waals surface area contributed by atoms with Crippen molar-refractivity contribution in [3.63, 3.8) is 0 Å². The summed E-state index contributed by atoms with van der Waals surface area (Å²) in [5, 5.41) is 13.3. The number of aliphatic carboxylic acids is 1. The Morgan fingerprint density at radius 1 is 1.24 bits per heavy atom. The average Bonchev–Trinajstić information content (AvgIpc) is 3.14. The lowest BCUT2D eigenvalue weighted by Gasteiger charge is -2.28. The number of hydrogen-bond donors (Lipinski definition) is 1. The van der Waals surface area contributed by atoms with E-state index in [1.54, 1.807) is 30.4 Å². The summed E-state index contributed by atoms with van der Waals surface area (Å²) in [7, 11) is 0. The van der Waals surface area contributed by atoms with Gasteiger partial charge in [-0.2, -0.15) is 5.10 Å². The highest BCUT2D eigenvalue weighted by Crippen LogP contribution is 2.20. The van der Waals surface area contributed by atoms with E-state index in [1.807, 2.05) is 22.9 Å². The zero-order valence-corrected chi connectivity index (χ0v) is 15.9. The predicted octanol–water partition coefficient (Wildman–Crippen LogP) is 1.72. The molecule has 0 aliphatic carbocycles. The molecule has 0 aromatic carbocycles. The monoisotopic (exact) mass is 392 g/mol. The summed E-state index contributed by atoms with van der Waals surface area (Å²) in [6, 6.07) is 5.56. The van der Waals surface area contributed by atoms with E-state index in [9.17, 15) is 9.59 Å². The SMILES string of the molecule is Cc1nc(-c2cccnc2)ncc1C(=O)N1CCn2nc(CCC(=O)O)cc2C1. The first-order valence-corrected chi connectivity index (χ1v) is 9.32. The topological polar surface area (TPSA) is 114 Å². The van der Waals surface area contributed by atoms with Crippen LogP contribution in [-0.4, -0.2) is 53.2 Å². The second-order valence-corrected chi connectivity index (χ2v) is 6.90. The van der Waals surface area contributed by atoms with Gasteiger partial charge in [0.15, 0.2) is 5.82 Å². The zero-order chi connectivity index (χ0) is 20.4. The van der Waals surface area contributed by atoms with Gasteiger partial charge in [-0.15, -0.1) is 0 Å². The van der Waals surface area contributed by atoms with Crippen molar-refractivity contribution in [2.45, 2.75) is 32.9 Å². The van der Waals surface area contributed by atoms with Gasteiger partial charge in [0.25, 0.3) is 5.91 Å². The Hall–Kier alpha value is -3.62. The fourth-order valence-corrected chi connectivity index (χ4v) is 3.34. The van der Waals surface area contributed by atoms with Gasteiger partial charge in [0, 0.05) is 37.1 Å². The number of hydrogen-bond acceptors (Lipinski definition) is 6. The number of carboxylic acid groups (broad SMARTS) is 1. The molecule has 1 N–H and O–H groups in total. The third-order valence-corrected chi connectivity index (χ3v) is 4.86. The molecule has 1 amide bonds. The minimum Gasteiger partial charge on any atom is -0.481 e. The number of aromatic nitrogens is 5. The van der Waals surface area contributed by atoms with Crippen LogP contribution >= 0.6 is 0 Å². The summed E-state index contributed by atoms with van der Waals surface area (Å²) in [5.74, 6) is -0.440. The maximum Gasteiger partial charge on any atom is 0.303 e. The van der Waals surface area contributed by atoms with Gasteiger partial charge in [0.2, 0.25) is 0 Å². The fraction of sp³-hybridized carbons (Fsp3) is 0.300. The van der Waals surface area contributed by atoms with Crippen LogP contribution in [0.25, 0.3) is 11.4 Å². The normalized spacial score (nSPS) is 13.2. The molecule has 0 spiro atoms. The van der Waals surface area contributed by atoms with Crippen LogP contribution in [0.5, 0.6) is 0 Å². The molecule has 29 heavy (non-hydrogen) atoms. The van der Waals surface area contributed by atoms with Crippen molar-refractivity contribution >= 4 is 11.9 Å². The maximum absolute atomic E-state index is 13.0. The quantitative estimate of drug-likeness (QED) is 0.703. The largest absolute Gasteiger partial charge is 0.481 e. The van der Waals surface area contributed by atoms with Gasteiger partial charge in [-0.25, -0.2) is 9.97 Å². The maximum atomic E-state index is 13.0. The minimum absolute atomic E-state index is 0.0406. The van der Waals surface area contributed by atoms with E-state index in [-0.39, 0.29) is 12.3 Å². The van der Waals surface area contributed by atoms with E-state index in [0.29, 0.717) is 43.1 Å². The van der Waals surface area contributed by atoms with Gasteiger partial charge in [0.05, 0.1) is 42.2 Å². The molecule has 1 aliphatic heterocycles. The summed E-state index contributed by atoms with van der Waals surface area (Å²) in [6.07, 6.45) is 5.36. The van der Waals surface area contributed by atoms with Crippen molar-refractivity contribution in [1.82, 2.24) is 29.6 Å². The number of pyridine rings is 1. The number of carbonyl (C=O) groups excluding carboxylic acids is 1. The molecule has 0 unspecified atom stereocenters. The Balaban J connectivity index is 1.50. The lowest BCUT2D eigenvalue weighted by Crippen LogP contribution is -2.38. The van der Waals surface area contributed by atoms with Crippen molar-refractivity contribution < 1.29 is 14.7 Å². The molecule has 0 bridgehead atoms. The van der Waals surface area contributed by atoms with Gasteiger partial charge in [-0.3, -0.25) is 19.3 Å². The third kappa shape index (κ3) is 3.98. The highest BCUT2D eigenvalue weighted by atomic mass is 16.4. The lowest BCUT2D eigenvalue weighted by molar-refractivity contribution is -0.136. The highest BCUT2D eigenvalue weighted by Gasteiger charge is 2.25. The molecule has 4 rings (SSSR count). The number of aryl methyl sites for hydroxylation is 2. The van der Waals surface area contributed by atoms with Gasteiger partial charge >= 0.3 is 5.97 Å². The Labute approximate surface area is 167 Å². The number of rotatable bonds is 5. The Morgan fingerprint density at radius 2 is 2.10 bits per heavy atom. The first-order valence-electron chi connectivity index (χ1n) is 9.32. The van der Waals surface area contributed by atoms with Gasteiger partial charge < -0.3 is 10.0 Å². The Bertz CT molecular complexity index is 1060. The van der Waals surface area contributed by atoms with E-state index in [2.05, 4.69) is 20.1 Å². The second kappa shape index (κ2) is 7.78. The van der Waals surface area contributed by atoms with Crippen LogP contribution in [0.15, 0.2) is 36.8 Å². The summed E-state index contributed by atoms with van der Waals surface area (Å²) < 4.78 is 1.84. The molecule has 4 heterocycles. The van der Waals surface area contributed by atoms with Crippen molar-refractivity contribution in [3.8, 4) is 11.4 Å². The van der Waals surface area contributed by atoms with Crippen LogP contribution in [0.2, 0.25) is 0 Å². The number of amides is 1. The molecule has 3 aromatic rings. The molecule has 9 nitrogen and oxygen atoms in total. The molecule has 148 valence electrons. The molecule has 0 radical (unpaired) electrons. The van der Waals surface area contributed by atoms with Crippen LogP contribution in [0.3, 0.4) is 0 Å². The van der Waals surface area contributed by atoms with Gasteiger partial charge in [-0.1, -0.05) is 0 Å². The van der Waals surface area contributed by atoms with Crippen molar-refractivity contribution in [2.24, 2.45) is 0 Å². The van der Waals surface area contributed by atoms with Gasteiger partial charge in [0.1, 0.15) is 0 Å². The Kier molecular flexibility index (Phi) is 5.03. The molecule has 0 fully saturated rings. The van der Waals surface area contributed by atoms with Crippen LogP contribution < -0.4 is 0 Å². The van der Waals surface area contributed by atoms with Crippen LogP contribution in [0.1, 0.15) is 33.9 Å². The predicted molar refractivity (Wildman–Crippen MR) is 103 cm³/mol. The Morgan fingerprint density at radius 3 is 2.83 bits per heavy atom. The van der Waals surface area contributed by atoms with Crippen LogP contribution in [-0.2, 0) is 24.3 Å². The van der Waals surface area contributed by atoms with E-state index in [1.165, 1.54) is 0 Å². The van der Waals surface area contributed by atoms with E-state index in [0.717, 1.165) is 17.0 Å². The van der Waals surface area contributed by atoms with Crippen LogP contribution in [0.4, 0.5) is 0 Å². The summed E-state index contributed by atoms with van der Waals surface area (Å²) >= 11 is 0. The number of fused-ring (bicyclic) bond motifs is 1. The molecule has 3 aromatic heterocycles. The van der Waals surface area contributed by atoms with Crippen molar-refractivity contribution in [2.75, 3.05) is 6.54 Å². The summed E-state index contributed by atoms with van der Waals surface area (Å²) in [6.45, 7) is 3.31. The molecule has 0 saturated carbocycles. The van der Waals surface area contributed by atoms with E-state index in [4.69, 9.17) is 5.11 Å². The smallest absolute Gasteiger partial charge is 0.303 e. The molecule has 1 aliphatic rings. The molecule has 0 atom stereocenters. The average molecular weight is 392 g/mol. The molecule has 0 saturated heterocycles. The highest BCUT2D eigenvalue weighted by molar-refractivity contribution is 5.95. The fourth-order valence-electron chi connectivity index (χ4n) is 3.34. The van der Waals surface area contributed by atoms with Crippen molar-refractivity contribution in [1.29, 1.82) is 0 Å². The zero-order valence-electron chi connectivity index (χ0n) is 15.9. The first kappa shape index (κ1) is 18.7. The first-order chi connectivity index (χ1) is 14.0. The lowest BCUT2D eigenvalue weighted by atomic mass is 10.1. The summed E-state index contributed by atoms with van der Waals surface area (Å²) in [4.78, 5) is 38.4. The van der Waals surface area contributed by atoms with Crippen molar-refractivity contribution in [3.05, 3.63) is 59.4 Å². The molecule has 9 heteroatoms. The third-order valence-electron chi connectivity index (χ3n) is 4.86. The number of nitrogens with zero attached hydrogens (tertiary/aromatic N) is 6. The standard InChI is InChI=1S/C20H20N6O3/c1-13-17(11-22-19(23-13)14-3-2-6-21-10-14)20(29)25-7-8-26-16(12-25)9-15(24-26)4-5-18(27)28/h2-3,6,9-11H,4-5,7-8,12H2,1H3,(H,27,28). The van der Waals surface area contributed by atoms with Gasteiger partial charge in [-0.05, 0) is 25.1 Å². The summed E-state index contributed by atoms with van der Waals surface area (Å²) in [5.41, 5.74) is 3.51. The number of carboxylic acids is 1. The van der Waals surface area contributed by atoms with E-state index >= 15 is 0 Å². The van der Waals surface area contributed by atoms with Crippen LogP contribution in [0, 0.1) is 6.92 Å². The molecular weight excluding hydrogens is 372 g/mol. The minimum atomic E-state index is -0.849. The van der Waals surface area contributed by atoms with E-state index < -0.39 is 5.97 Å². The second-order valence-electron chi connectivity index (χ2n) is 6.90.